The van der Waals surface area contributed by atoms with Crippen molar-refractivity contribution in [2.75, 3.05) is 6.54 Å². The maximum absolute atomic E-state index is 12.8. The van der Waals surface area contributed by atoms with Crippen LogP contribution in [0, 0.1) is 0 Å². The van der Waals surface area contributed by atoms with E-state index in [1.807, 2.05) is 35.8 Å². The van der Waals surface area contributed by atoms with Crippen molar-refractivity contribution >= 4 is 16.9 Å². The average Bonchev–Trinajstić information content (AvgIpc) is 3.18. The van der Waals surface area contributed by atoms with Gasteiger partial charge in [0, 0.05) is 19.1 Å². The number of piperidine rings is 1. The summed E-state index contributed by atoms with van der Waals surface area (Å²) in [7, 11) is 0. The Morgan fingerprint density at radius 2 is 1.90 bits per heavy atom. The van der Waals surface area contributed by atoms with Gasteiger partial charge in [-0.25, -0.2) is 4.98 Å². The number of benzene rings is 2. The average molecular weight is 391 g/mol. The SMILES string of the molecule is C[C@@H]1CCCCN1Cc1ccccc1CNC(=O)[C@@H](C)n1cnc2ccccc21. The summed E-state index contributed by atoms with van der Waals surface area (Å²) < 4.78 is 1.94. The zero-order valence-corrected chi connectivity index (χ0v) is 17.3. The second-order valence-corrected chi connectivity index (χ2v) is 8.12. The summed E-state index contributed by atoms with van der Waals surface area (Å²) in [6.45, 7) is 6.90. The number of carbonyl (C=O) groups excluding carboxylic acids is 1. The number of fused-ring (bicyclic) bond motifs is 1. The Labute approximate surface area is 172 Å². The van der Waals surface area contributed by atoms with Gasteiger partial charge in [0.25, 0.3) is 0 Å². The molecule has 0 spiro atoms. The van der Waals surface area contributed by atoms with Crippen LogP contribution in [-0.2, 0) is 17.9 Å². The van der Waals surface area contributed by atoms with Gasteiger partial charge in [0.1, 0.15) is 6.04 Å². The molecule has 1 aliphatic rings. The molecule has 0 radical (unpaired) electrons. The highest BCUT2D eigenvalue weighted by molar-refractivity contribution is 5.83. The first-order valence-corrected chi connectivity index (χ1v) is 10.6. The molecule has 1 fully saturated rings. The minimum absolute atomic E-state index is 0.00861. The lowest BCUT2D eigenvalue weighted by Crippen LogP contribution is -2.37. The van der Waals surface area contributed by atoms with E-state index >= 15 is 0 Å². The van der Waals surface area contributed by atoms with E-state index in [1.54, 1.807) is 6.33 Å². The monoisotopic (exact) mass is 390 g/mol. The third-order valence-corrected chi connectivity index (χ3v) is 6.16. The van der Waals surface area contributed by atoms with Crippen LogP contribution in [0.4, 0.5) is 0 Å². The van der Waals surface area contributed by atoms with Gasteiger partial charge in [-0.05, 0) is 56.5 Å². The minimum atomic E-state index is -0.309. The molecule has 152 valence electrons. The normalized spacial score (nSPS) is 18.6. The summed E-state index contributed by atoms with van der Waals surface area (Å²) >= 11 is 0. The fourth-order valence-electron chi connectivity index (χ4n) is 4.24. The smallest absolute Gasteiger partial charge is 0.243 e. The summed E-state index contributed by atoms with van der Waals surface area (Å²) in [6, 6.07) is 16.7. The molecule has 3 aromatic rings. The molecule has 5 nitrogen and oxygen atoms in total. The Morgan fingerprint density at radius 1 is 1.14 bits per heavy atom. The first-order chi connectivity index (χ1) is 14.1. The maximum Gasteiger partial charge on any atom is 0.243 e. The van der Waals surface area contributed by atoms with Crippen LogP contribution >= 0.6 is 0 Å². The van der Waals surface area contributed by atoms with Gasteiger partial charge >= 0.3 is 0 Å². The second-order valence-electron chi connectivity index (χ2n) is 8.12. The van der Waals surface area contributed by atoms with Crippen molar-refractivity contribution in [2.45, 2.75) is 58.3 Å². The zero-order valence-electron chi connectivity index (χ0n) is 17.3. The third-order valence-electron chi connectivity index (χ3n) is 6.16. The Morgan fingerprint density at radius 3 is 2.72 bits per heavy atom. The van der Waals surface area contributed by atoms with Crippen LogP contribution < -0.4 is 5.32 Å². The molecule has 4 rings (SSSR count). The molecule has 0 aliphatic carbocycles. The van der Waals surface area contributed by atoms with Crippen LogP contribution in [0.25, 0.3) is 11.0 Å². The lowest BCUT2D eigenvalue weighted by molar-refractivity contribution is -0.123. The molecular formula is C24H30N4O. The molecule has 5 heteroatoms. The molecule has 0 unspecified atom stereocenters. The number of nitrogens with one attached hydrogen (secondary N) is 1. The summed E-state index contributed by atoms with van der Waals surface area (Å²) in [5.74, 6) is 0.00861. The van der Waals surface area contributed by atoms with E-state index in [1.165, 1.54) is 30.4 Å². The van der Waals surface area contributed by atoms with Crippen molar-refractivity contribution in [2.24, 2.45) is 0 Å². The lowest BCUT2D eigenvalue weighted by atomic mass is 10.0. The van der Waals surface area contributed by atoms with Crippen molar-refractivity contribution in [1.29, 1.82) is 0 Å². The second kappa shape index (κ2) is 8.78. The summed E-state index contributed by atoms with van der Waals surface area (Å²) in [4.78, 5) is 19.8. The quantitative estimate of drug-likeness (QED) is 0.683. The van der Waals surface area contributed by atoms with Crippen molar-refractivity contribution in [3.8, 4) is 0 Å². The number of nitrogens with zero attached hydrogens (tertiary/aromatic N) is 3. The number of hydrogen-bond acceptors (Lipinski definition) is 3. The predicted octanol–water partition coefficient (Wildman–Crippen LogP) is 4.29. The summed E-state index contributed by atoms with van der Waals surface area (Å²) in [6.07, 6.45) is 5.63. The first-order valence-electron chi connectivity index (χ1n) is 10.6. The van der Waals surface area contributed by atoms with Crippen LogP contribution in [0.3, 0.4) is 0 Å². The van der Waals surface area contributed by atoms with Crippen molar-refractivity contribution in [1.82, 2.24) is 19.8 Å². The molecule has 2 aromatic carbocycles. The van der Waals surface area contributed by atoms with Crippen LogP contribution in [0.5, 0.6) is 0 Å². The Hall–Kier alpha value is -2.66. The third kappa shape index (κ3) is 4.35. The van der Waals surface area contributed by atoms with Gasteiger partial charge < -0.3 is 9.88 Å². The van der Waals surface area contributed by atoms with E-state index in [-0.39, 0.29) is 11.9 Å². The molecule has 0 bridgehead atoms. The Balaban J connectivity index is 1.43. The molecule has 29 heavy (non-hydrogen) atoms. The standard InChI is InChI=1S/C24H30N4O/c1-18-9-7-8-14-27(18)16-21-11-4-3-10-20(21)15-25-24(29)19(2)28-17-26-22-12-5-6-13-23(22)28/h3-6,10-13,17-19H,7-9,14-16H2,1-2H3,(H,25,29)/t18-,19-/m1/s1. The molecule has 0 saturated carbocycles. The first kappa shape index (κ1) is 19.6. The molecular weight excluding hydrogens is 360 g/mol. The van der Waals surface area contributed by atoms with E-state index in [0.717, 1.165) is 24.1 Å². The number of amides is 1. The number of para-hydroxylation sites is 2. The van der Waals surface area contributed by atoms with Crippen molar-refractivity contribution in [3.05, 3.63) is 66.0 Å². The van der Waals surface area contributed by atoms with Gasteiger partial charge in [-0.1, -0.05) is 42.8 Å². The van der Waals surface area contributed by atoms with Crippen LogP contribution in [0.15, 0.2) is 54.9 Å². The zero-order chi connectivity index (χ0) is 20.2. The largest absolute Gasteiger partial charge is 0.350 e. The van der Waals surface area contributed by atoms with Gasteiger partial charge in [0.15, 0.2) is 0 Å². The fourth-order valence-corrected chi connectivity index (χ4v) is 4.24. The summed E-state index contributed by atoms with van der Waals surface area (Å²) in [5.41, 5.74) is 4.39. The van der Waals surface area contributed by atoms with E-state index < -0.39 is 0 Å². The van der Waals surface area contributed by atoms with E-state index in [4.69, 9.17) is 0 Å². The van der Waals surface area contributed by atoms with E-state index in [2.05, 4.69) is 46.4 Å². The highest BCUT2D eigenvalue weighted by Gasteiger charge is 2.20. The molecule has 1 N–H and O–H groups in total. The highest BCUT2D eigenvalue weighted by atomic mass is 16.2. The van der Waals surface area contributed by atoms with Gasteiger partial charge in [-0.15, -0.1) is 0 Å². The predicted molar refractivity (Wildman–Crippen MR) is 116 cm³/mol. The van der Waals surface area contributed by atoms with Crippen LogP contribution in [-0.4, -0.2) is 32.9 Å². The molecule has 2 heterocycles. The number of imidazole rings is 1. The van der Waals surface area contributed by atoms with Gasteiger partial charge in [0.05, 0.1) is 17.4 Å². The molecule has 1 aliphatic heterocycles. The fraction of sp³-hybridized carbons (Fsp3) is 0.417. The van der Waals surface area contributed by atoms with Crippen LogP contribution in [0.1, 0.15) is 50.3 Å². The van der Waals surface area contributed by atoms with Crippen molar-refractivity contribution in [3.63, 3.8) is 0 Å². The highest BCUT2D eigenvalue weighted by Crippen LogP contribution is 2.21. The molecule has 2 atom stereocenters. The van der Waals surface area contributed by atoms with Gasteiger partial charge in [0.2, 0.25) is 5.91 Å². The van der Waals surface area contributed by atoms with Crippen LogP contribution in [0.2, 0.25) is 0 Å². The lowest BCUT2D eigenvalue weighted by Gasteiger charge is -2.33. The van der Waals surface area contributed by atoms with Crippen molar-refractivity contribution < 1.29 is 4.79 Å². The number of likely N-dealkylation sites (tertiary alicyclic amines) is 1. The number of carbonyl (C=O) groups is 1. The minimum Gasteiger partial charge on any atom is -0.350 e. The number of hydrogen-bond donors (Lipinski definition) is 1. The van der Waals surface area contributed by atoms with Gasteiger partial charge in [-0.3, -0.25) is 9.69 Å². The Kier molecular flexibility index (Phi) is 5.95. The number of aromatic nitrogens is 2. The molecule has 1 amide bonds. The molecule has 1 aromatic heterocycles. The van der Waals surface area contributed by atoms with E-state index in [9.17, 15) is 4.79 Å². The topological polar surface area (TPSA) is 50.2 Å². The number of rotatable bonds is 6. The van der Waals surface area contributed by atoms with E-state index in [0.29, 0.717) is 12.6 Å². The summed E-state index contributed by atoms with van der Waals surface area (Å²) in [5, 5.41) is 3.13. The maximum atomic E-state index is 12.8. The Bertz CT molecular complexity index is 980. The molecule has 1 saturated heterocycles. The van der Waals surface area contributed by atoms with Gasteiger partial charge in [-0.2, -0.15) is 0 Å².